The molecule has 0 saturated carbocycles. The van der Waals surface area contributed by atoms with Gasteiger partial charge in [0.15, 0.2) is 0 Å². The topological polar surface area (TPSA) is 67.6 Å². The van der Waals surface area contributed by atoms with Crippen molar-refractivity contribution in [3.05, 3.63) is 29.8 Å². The van der Waals surface area contributed by atoms with E-state index in [9.17, 15) is 4.79 Å². The van der Waals surface area contributed by atoms with Gasteiger partial charge in [0.1, 0.15) is 5.75 Å². The normalized spacial score (nSPS) is 11.0. The van der Waals surface area contributed by atoms with Crippen molar-refractivity contribution < 1.29 is 9.53 Å². The molecule has 0 heterocycles. The average Bonchev–Trinajstić information content (AvgIpc) is 2.49. The van der Waals surface area contributed by atoms with Crippen molar-refractivity contribution >= 4 is 17.7 Å². The number of carbonyl (C=O) groups is 1. The number of hydrogen-bond donors (Lipinski definition) is 2. The van der Waals surface area contributed by atoms with Gasteiger partial charge in [-0.05, 0) is 36.9 Å². The number of nitrogens with two attached hydrogens (primary N) is 1. The number of nitrogen functional groups attached to an aromatic ring is 1. The molecular formula is C16H25N3O2. The summed E-state index contributed by atoms with van der Waals surface area (Å²) >= 11 is 0. The molecule has 0 aliphatic rings. The van der Waals surface area contributed by atoms with E-state index in [2.05, 4.69) is 24.1 Å². The Morgan fingerprint density at radius 1 is 1.38 bits per heavy atom. The molecule has 0 unspecified atom stereocenters. The van der Waals surface area contributed by atoms with Crippen molar-refractivity contribution in [2.45, 2.75) is 13.8 Å². The molecule has 5 heteroatoms. The SMILES string of the molecule is CCN(CC)CCNC(=O)/C=C\c1ccc(OC)c(N)c1. The summed E-state index contributed by atoms with van der Waals surface area (Å²) in [5.74, 6) is 0.535. The van der Waals surface area contributed by atoms with Gasteiger partial charge in [-0.15, -0.1) is 0 Å². The van der Waals surface area contributed by atoms with Crippen molar-refractivity contribution in [2.24, 2.45) is 0 Å². The second-order valence-electron chi connectivity index (χ2n) is 4.65. The van der Waals surface area contributed by atoms with Gasteiger partial charge in [-0.3, -0.25) is 4.79 Å². The van der Waals surface area contributed by atoms with Crippen LogP contribution in [0.25, 0.3) is 6.08 Å². The van der Waals surface area contributed by atoms with Crippen LogP contribution in [0.1, 0.15) is 19.4 Å². The lowest BCUT2D eigenvalue weighted by molar-refractivity contribution is -0.116. The Hall–Kier alpha value is -2.01. The van der Waals surface area contributed by atoms with Gasteiger partial charge in [0, 0.05) is 19.2 Å². The predicted molar refractivity (Wildman–Crippen MR) is 87.2 cm³/mol. The Labute approximate surface area is 126 Å². The largest absolute Gasteiger partial charge is 0.495 e. The number of nitrogens with zero attached hydrogens (tertiary/aromatic N) is 1. The molecule has 0 saturated heterocycles. The molecule has 1 rings (SSSR count). The summed E-state index contributed by atoms with van der Waals surface area (Å²) in [5, 5.41) is 2.87. The fraction of sp³-hybridized carbons (Fsp3) is 0.438. The fourth-order valence-electron chi connectivity index (χ4n) is 1.96. The van der Waals surface area contributed by atoms with E-state index in [0.29, 0.717) is 18.0 Å². The monoisotopic (exact) mass is 291 g/mol. The first kappa shape index (κ1) is 17.0. The minimum atomic E-state index is -0.100. The van der Waals surface area contributed by atoms with E-state index in [1.165, 1.54) is 6.08 Å². The summed E-state index contributed by atoms with van der Waals surface area (Å²) in [7, 11) is 1.57. The molecule has 0 fully saturated rings. The smallest absolute Gasteiger partial charge is 0.244 e. The molecule has 0 atom stereocenters. The Bertz CT molecular complexity index is 482. The third-order valence-electron chi connectivity index (χ3n) is 3.30. The number of anilines is 1. The number of ether oxygens (including phenoxy) is 1. The van der Waals surface area contributed by atoms with Gasteiger partial charge in [0.05, 0.1) is 12.8 Å². The highest BCUT2D eigenvalue weighted by molar-refractivity contribution is 5.91. The lowest BCUT2D eigenvalue weighted by Gasteiger charge is -2.17. The molecule has 0 aromatic heterocycles. The van der Waals surface area contributed by atoms with Gasteiger partial charge in [0.25, 0.3) is 0 Å². The van der Waals surface area contributed by atoms with E-state index in [4.69, 9.17) is 10.5 Å². The van der Waals surface area contributed by atoms with Crippen LogP contribution >= 0.6 is 0 Å². The highest BCUT2D eigenvalue weighted by atomic mass is 16.5. The maximum atomic E-state index is 11.7. The summed E-state index contributed by atoms with van der Waals surface area (Å²) in [4.78, 5) is 14.0. The lowest BCUT2D eigenvalue weighted by Crippen LogP contribution is -2.34. The van der Waals surface area contributed by atoms with Crippen LogP contribution in [0, 0.1) is 0 Å². The quantitative estimate of drug-likeness (QED) is 0.565. The van der Waals surface area contributed by atoms with Crippen LogP contribution < -0.4 is 15.8 Å². The molecule has 0 aliphatic carbocycles. The molecule has 1 aromatic carbocycles. The zero-order valence-electron chi connectivity index (χ0n) is 13.1. The molecule has 5 nitrogen and oxygen atoms in total. The predicted octanol–water partition coefficient (Wildman–Crippen LogP) is 1.75. The van der Waals surface area contributed by atoms with Crippen LogP contribution in [0.3, 0.4) is 0 Å². The molecule has 0 bridgehead atoms. The standard InChI is InChI=1S/C16H25N3O2/c1-4-19(5-2)11-10-18-16(20)9-7-13-6-8-15(21-3)14(17)12-13/h6-9,12H,4-5,10-11,17H2,1-3H3,(H,18,20)/b9-7-. The van der Waals surface area contributed by atoms with Gasteiger partial charge in [0.2, 0.25) is 5.91 Å². The van der Waals surface area contributed by atoms with E-state index >= 15 is 0 Å². The number of carbonyl (C=O) groups excluding carboxylic acids is 1. The zero-order valence-corrected chi connectivity index (χ0v) is 13.1. The third kappa shape index (κ3) is 5.87. The minimum Gasteiger partial charge on any atom is -0.495 e. The summed E-state index contributed by atoms with van der Waals surface area (Å²) in [6.07, 6.45) is 3.26. The Morgan fingerprint density at radius 2 is 2.10 bits per heavy atom. The minimum absolute atomic E-state index is 0.100. The first-order valence-corrected chi connectivity index (χ1v) is 7.22. The molecule has 116 valence electrons. The van der Waals surface area contributed by atoms with E-state index in [1.807, 2.05) is 6.07 Å². The Morgan fingerprint density at radius 3 is 2.67 bits per heavy atom. The van der Waals surface area contributed by atoms with Crippen LogP contribution in [0.2, 0.25) is 0 Å². The fourth-order valence-corrected chi connectivity index (χ4v) is 1.96. The van der Waals surface area contributed by atoms with Gasteiger partial charge < -0.3 is 20.7 Å². The first-order chi connectivity index (χ1) is 10.1. The van der Waals surface area contributed by atoms with Crippen LogP contribution in [-0.4, -0.2) is 44.1 Å². The number of amides is 1. The molecule has 1 amide bonds. The van der Waals surface area contributed by atoms with E-state index < -0.39 is 0 Å². The van der Waals surface area contributed by atoms with Gasteiger partial charge in [-0.2, -0.15) is 0 Å². The molecule has 1 aromatic rings. The second kappa shape index (κ2) is 9.02. The van der Waals surface area contributed by atoms with Crippen LogP contribution in [-0.2, 0) is 4.79 Å². The molecule has 0 radical (unpaired) electrons. The first-order valence-electron chi connectivity index (χ1n) is 7.22. The third-order valence-corrected chi connectivity index (χ3v) is 3.30. The highest BCUT2D eigenvalue weighted by Crippen LogP contribution is 2.22. The highest BCUT2D eigenvalue weighted by Gasteiger charge is 2.01. The Balaban J connectivity index is 2.45. The maximum absolute atomic E-state index is 11.7. The van der Waals surface area contributed by atoms with Gasteiger partial charge >= 0.3 is 0 Å². The molecule has 21 heavy (non-hydrogen) atoms. The van der Waals surface area contributed by atoms with Crippen molar-refractivity contribution in [2.75, 3.05) is 39.0 Å². The van der Waals surface area contributed by atoms with Gasteiger partial charge in [-0.25, -0.2) is 0 Å². The van der Waals surface area contributed by atoms with Crippen LogP contribution in [0.5, 0.6) is 5.75 Å². The maximum Gasteiger partial charge on any atom is 0.244 e. The van der Waals surface area contributed by atoms with Crippen LogP contribution in [0.15, 0.2) is 24.3 Å². The van der Waals surface area contributed by atoms with E-state index in [-0.39, 0.29) is 5.91 Å². The second-order valence-corrected chi connectivity index (χ2v) is 4.65. The van der Waals surface area contributed by atoms with Crippen LogP contribution in [0.4, 0.5) is 5.69 Å². The molecule has 0 aliphatic heterocycles. The van der Waals surface area contributed by atoms with E-state index in [1.54, 1.807) is 25.3 Å². The lowest BCUT2D eigenvalue weighted by atomic mass is 10.1. The number of rotatable bonds is 8. The zero-order chi connectivity index (χ0) is 15.7. The van der Waals surface area contributed by atoms with Crippen molar-refractivity contribution in [3.8, 4) is 5.75 Å². The summed E-state index contributed by atoms with van der Waals surface area (Å²) in [5.41, 5.74) is 7.24. The number of hydrogen-bond acceptors (Lipinski definition) is 4. The summed E-state index contributed by atoms with van der Waals surface area (Å²) in [6, 6.07) is 5.42. The number of methoxy groups -OCH3 is 1. The van der Waals surface area contributed by atoms with E-state index in [0.717, 1.165) is 25.2 Å². The van der Waals surface area contributed by atoms with Crippen molar-refractivity contribution in [3.63, 3.8) is 0 Å². The summed E-state index contributed by atoms with van der Waals surface area (Å²) < 4.78 is 5.09. The molecule has 3 N–H and O–H groups in total. The summed E-state index contributed by atoms with van der Waals surface area (Å²) in [6.45, 7) is 7.72. The van der Waals surface area contributed by atoms with Crippen molar-refractivity contribution in [1.82, 2.24) is 10.2 Å². The average molecular weight is 291 g/mol. The number of benzene rings is 1. The number of nitrogens with one attached hydrogen (secondary N) is 1. The molecule has 0 spiro atoms. The number of likely N-dealkylation sites (N-methyl/N-ethyl adjacent to an activating group) is 1. The molecular weight excluding hydrogens is 266 g/mol. The Kier molecular flexibility index (Phi) is 7.32. The van der Waals surface area contributed by atoms with Crippen molar-refractivity contribution in [1.29, 1.82) is 0 Å². The van der Waals surface area contributed by atoms with Gasteiger partial charge in [-0.1, -0.05) is 19.9 Å².